The number of anilines is 1. The van der Waals surface area contributed by atoms with Crippen molar-refractivity contribution in [1.82, 2.24) is 5.32 Å². The molecule has 1 aliphatic heterocycles. The molecule has 1 fully saturated rings. The third-order valence-corrected chi connectivity index (χ3v) is 9.01. The summed E-state index contributed by atoms with van der Waals surface area (Å²) in [4.78, 5) is 16.1. The number of carbonyl (C=O) groups is 1. The fourth-order valence-electron chi connectivity index (χ4n) is 5.75. The van der Waals surface area contributed by atoms with E-state index in [4.69, 9.17) is 0 Å². The van der Waals surface area contributed by atoms with Gasteiger partial charge in [-0.05, 0) is 84.0 Å². The molecule has 1 N–H and O–H groups in total. The molecule has 1 unspecified atom stereocenters. The number of urea groups is 1. The van der Waals surface area contributed by atoms with Crippen molar-refractivity contribution in [2.75, 3.05) is 17.2 Å². The molecule has 0 saturated heterocycles. The number of nitriles is 1. The number of amides is 2. The minimum Gasteiger partial charge on any atom is -0.334 e. The maximum Gasteiger partial charge on any atom is 0.322 e. The Kier molecular flexibility index (Phi) is 6.68. The number of benzene rings is 3. The molecule has 6 heteroatoms. The molecule has 0 radical (unpaired) electrons. The largest absolute Gasteiger partial charge is 0.334 e. The van der Waals surface area contributed by atoms with E-state index >= 15 is 0 Å². The fourth-order valence-corrected chi connectivity index (χ4v) is 6.53. The van der Waals surface area contributed by atoms with Crippen molar-refractivity contribution in [1.29, 1.82) is 5.26 Å². The Morgan fingerprint density at radius 1 is 1.08 bits per heavy atom. The first-order valence-electron chi connectivity index (χ1n) is 12.6. The summed E-state index contributed by atoms with van der Waals surface area (Å²) in [7, 11) is -0.972. The monoisotopic (exact) mass is 497 g/mol. The van der Waals surface area contributed by atoms with Gasteiger partial charge in [0.2, 0.25) is 0 Å². The minimum atomic E-state index is -0.972. The van der Waals surface area contributed by atoms with Gasteiger partial charge in [0.25, 0.3) is 0 Å². The number of nitrogens with one attached hydrogen (secondary N) is 1. The number of nitrogens with zero attached hydrogens (tertiary/aromatic N) is 2. The van der Waals surface area contributed by atoms with E-state index in [1.165, 1.54) is 18.4 Å². The van der Waals surface area contributed by atoms with Crippen molar-refractivity contribution in [3.63, 3.8) is 0 Å². The van der Waals surface area contributed by atoms with Gasteiger partial charge in [0, 0.05) is 34.8 Å². The molecular formula is C30H31N3O2S. The number of carbonyl (C=O) groups excluding carboxylic acids is 1. The molecule has 36 heavy (non-hydrogen) atoms. The lowest BCUT2D eigenvalue weighted by molar-refractivity contribution is 0.245. The van der Waals surface area contributed by atoms with Crippen LogP contribution in [0.25, 0.3) is 11.1 Å². The Labute approximate surface area is 215 Å². The zero-order valence-electron chi connectivity index (χ0n) is 20.8. The van der Waals surface area contributed by atoms with E-state index in [-0.39, 0.29) is 11.4 Å². The van der Waals surface area contributed by atoms with E-state index in [1.54, 1.807) is 0 Å². The quantitative estimate of drug-likeness (QED) is 0.456. The topological polar surface area (TPSA) is 73.2 Å². The van der Waals surface area contributed by atoms with Crippen LogP contribution in [-0.4, -0.2) is 22.5 Å². The summed E-state index contributed by atoms with van der Waals surface area (Å²) < 4.78 is 12.0. The van der Waals surface area contributed by atoms with Gasteiger partial charge in [-0.2, -0.15) is 5.26 Å². The fraction of sp³-hybridized carbons (Fsp3) is 0.333. The molecule has 2 aliphatic rings. The molecule has 3 aromatic rings. The van der Waals surface area contributed by atoms with Gasteiger partial charge in [-0.25, -0.2) is 4.79 Å². The number of hydrogen-bond donors (Lipinski definition) is 1. The summed E-state index contributed by atoms with van der Waals surface area (Å²) in [6, 6.07) is 22.0. The van der Waals surface area contributed by atoms with Crippen molar-refractivity contribution in [2.24, 2.45) is 0 Å². The van der Waals surface area contributed by atoms with Gasteiger partial charge in [0.1, 0.15) is 0 Å². The van der Waals surface area contributed by atoms with Gasteiger partial charge in [0.05, 0.1) is 22.4 Å². The van der Waals surface area contributed by atoms with Gasteiger partial charge < -0.3 is 5.32 Å². The Morgan fingerprint density at radius 2 is 1.83 bits per heavy atom. The van der Waals surface area contributed by atoms with Crippen LogP contribution in [-0.2, 0) is 22.8 Å². The van der Waals surface area contributed by atoms with Gasteiger partial charge >= 0.3 is 6.03 Å². The number of hydrogen-bond acceptors (Lipinski definition) is 3. The minimum absolute atomic E-state index is 0.00898. The highest BCUT2D eigenvalue weighted by Gasteiger charge is 2.46. The predicted octanol–water partition coefficient (Wildman–Crippen LogP) is 6.20. The van der Waals surface area contributed by atoms with Crippen LogP contribution in [0, 0.1) is 18.3 Å². The van der Waals surface area contributed by atoms with Gasteiger partial charge in [-0.15, -0.1) is 0 Å². The molecule has 1 heterocycles. The van der Waals surface area contributed by atoms with Gasteiger partial charge in [0.15, 0.2) is 0 Å². The lowest BCUT2D eigenvalue weighted by Gasteiger charge is -2.25. The molecule has 5 nitrogen and oxygen atoms in total. The van der Waals surface area contributed by atoms with Crippen molar-refractivity contribution < 1.29 is 9.00 Å². The Balaban J connectivity index is 1.39. The average Bonchev–Trinajstić information content (AvgIpc) is 3.52. The van der Waals surface area contributed by atoms with Gasteiger partial charge in [-0.3, -0.25) is 9.11 Å². The molecule has 184 valence electrons. The number of fused-ring (bicyclic) bond motifs is 2. The van der Waals surface area contributed by atoms with E-state index in [0.29, 0.717) is 24.4 Å². The zero-order chi connectivity index (χ0) is 25.3. The van der Waals surface area contributed by atoms with E-state index in [0.717, 1.165) is 45.7 Å². The lowest BCUT2D eigenvalue weighted by Crippen LogP contribution is -2.41. The summed E-state index contributed by atoms with van der Waals surface area (Å²) in [5.41, 5.74) is 7.27. The third kappa shape index (κ3) is 4.44. The van der Waals surface area contributed by atoms with Crippen LogP contribution in [0.1, 0.15) is 54.9 Å². The van der Waals surface area contributed by atoms with Crippen LogP contribution in [0.5, 0.6) is 0 Å². The highest BCUT2D eigenvalue weighted by molar-refractivity contribution is 7.85. The second kappa shape index (κ2) is 9.91. The van der Waals surface area contributed by atoms with Gasteiger partial charge in [-0.1, -0.05) is 44.0 Å². The maximum absolute atomic E-state index is 13.4. The summed E-state index contributed by atoms with van der Waals surface area (Å²) in [6.07, 6.45) is 4.55. The molecular weight excluding hydrogens is 466 g/mol. The van der Waals surface area contributed by atoms with Crippen LogP contribution in [0.4, 0.5) is 10.5 Å². The number of aryl methyl sites for hydroxylation is 1. The molecule has 1 atom stereocenters. The maximum atomic E-state index is 13.4. The molecule has 5 rings (SSSR count). The van der Waals surface area contributed by atoms with E-state index < -0.39 is 10.8 Å². The van der Waals surface area contributed by atoms with E-state index in [1.807, 2.05) is 61.2 Å². The second-order valence-electron chi connectivity index (χ2n) is 9.88. The van der Waals surface area contributed by atoms with Crippen molar-refractivity contribution in [2.45, 2.75) is 56.4 Å². The van der Waals surface area contributed by atoms with Crippen molar-refractivity contribution in [3.8, 4) is 17.2 Å². The highest BCUT2D eigenvalue weighted by atomic mass is 32.2. The second-order valence-corrected chi connectivity index (χ2v) is 11.6. The standard InChI is InChI=1S/C30H31N3O2S/c1-3-36(35)25-10-6-22(7-11-25)19-32-29(34)33-20-30(14-4-5-15-30)27-17-24(9-13-28(27)33)26-12-8-23(18-31)16-21(26)2/h6-13,16-17H,3-5,14-15,19-20H2,1-2H3,(H,32,34). The Morgan fingerprint density at radius 3 is 2.50 bits per heavy atom. The highest BCUT2D eigenvalue weighted by Crippen LogP contribution is 2.51. The summed E-state index contributed by atoms with van der Waals surface area (Å²) >= 11 is 0. The van der Waals surface area contributed by atoms with E-state index in [2.05, 4.69) is 29.6 Å². The lowest BCUT2D eigenvalue weighted by atomic mass is 9.79. The zero-order valence-corrected chi connectivity index (χ0v) is 21.7. The third-order valence-electron chi connectivity index (χ3n) is 7.68. The predicted molar refractivity (Wildman–Crippen MR) is 144 cm³/mol. The molecule has 1 spiro atoms. The molecule has 0 bridgehead atoms. The van der Waals surface area contributed by atoms with Crippen LogP contribution < -0.4 is 10.2 Å². The first kappa shape index (κ1) is 24.3. The normalized spacial score (nSPS) is 16.5. The van der Waals surface area contributed by atoms with Crippen molar-refractivity contribution in [3.05, 3.63) is 82.9 Å². The summed E-state index contributed by atoms with van der Waals surface area (Å²) in [5.74, 6) is 0.596. The molecule has 1 aliphatic carbocycles. The summed E-state index contributed by atoms with van der Waals surface area (Å²) in [6.45, 7) is 5.09. The molecule has 1 saturated carbocycles. The number of rotatable bonds is 5. The van der Waals surface area contributed by atoms with Crippen molar-refractivity contribution >= 4 is 22.5 Å². The SMILES string of the molecule is CCS(=O)c1ccc(CNC(=O)N2CC3(CCCC3)c3cc(-c4ccc(C#N)cc4C)ccc32)cc1. The Bertz CT molecular complexity index is 1370. The smallest absolute Gasteiger partial charge is 0.322 e. The van der Waals surface area contributed by atoms with Crippen LogP contribution in [0.15, 0.2) is 65.6 Å². The first-order valence-corrected chi connectivity index (χ1v) is 13.9. The van der Waals surface area contributed by atoms with Crippen LogP contribution in [0.3, 0.4) is 0 Å². The van der Waals surface area contributed by atoms with Crippen LogP contribution >= 0.6 is 0 Å². The first-order chi connectivity index (χ1) is 17.4. The Hall–Kier alpha value is -3.43. The molecule has 2 amide bonds. The molecule has 3 aromatic carbocycles. The van der Waals surface area contributed by atoms with E-state index in [9.17, 15) is 14.3 Å². The summed E-state index contributed by atoms with van der Waals surface area (Å²) in [5, 5.41) is 12.3. The van der Waals surface area contributed by atoms with Crippen LogP contribution in [0.2, 0.25) is 0 Å². The molecule has 0 aromatic heterocycles. The average molecular weight is 498 g/mol.